The van der Waals surface area contributed by atoms with Crippen LogP contribution in [0.25, 0.3) is 0 Å². The second-order valence-corrected chi connectivity index (χ2v) is 5.88. The summed E-state index contributed by atoms with van der Waals surface area (Å²) < 4.78 is 0. The van der Waals surface area contributed by atoms with Crippen LogP contribution in [-0.2, 0) is 0 Å². The van der Waals surface area contributed by atoms with Gasteiger partial charge in [-0.1, -0.05) is 20.8 Å². The molecular formula is C15H23NO. The molecule has 0 heterocycles. The van der Waals surface area contributed by atoms with E-state index >= 15 is 0 Å². The van der Waals surface area contributed by atoms with Gasteiger partial charge in [-0.15, -0.1) is 0 Å². The number of carbonyl (C=O) groups is 1. The topological polar surface area (TPSA) is 29.1 Å². The van der Waals surface area contributed by atoms with Gasteiger partial charge >= 0.3 is 0 Å². The molecule has 0 spiro atoms. The molecule has 94 valence electrons. The molecule has 0 aliphatic rings. The van der Waals surface area contributed by atoms with Crippen molar-refractivity contribution in [2.24, 2.45) is 5.41 Å². The molecule has 0 aliphatic carbocycles. The minimum absolute atomic E-state index is 0.345. The van der Waals surface area contributed by atoms with Gasteiger partial charge in [-0.2, -0.15) is 0 Å². The van der Waals surface area contributed by atoms with Crippen molar-refractivity contribution in [1.29, 1.82) is 0 Å². The van der Waals surface area contributed by atoms with Crippen LogP contribution in [0.5, 0.6) is 0 Å². The number of benzene rings is 1. The first-order valence-electron chi connectivity index (χ1n) is 6.14. The van der Waals surface area contributed by atoms with Gasteiger partial charge in [0.2, 0.25) is 0 Å². The van der Waals surface area contributed by atoms with Crippen LogP contribution in [0.2, 0.25) is 0 Å². The average Bonchev–Trinajstić information content (AvgIpc) is 2.20. The van der Waals surface area contributed by atoms with Crippen LogP contribution in [-0.4, -0.2) is 12.8 Å². The molecule has 0 saturated carbocycles. The van der Waals surface area contributed by atoms with E-state index in [2.05, 4.69) is 26.1 Å². The highest BCUT2D eigenvalue weighted by molar-refractivity contribution is 5.78. The lowest BCUT2D eigenvalue weighted by Gasteiger charge is -2.20. The first-order valence-corrected chi connectivity index (χ1v) is 6.14. The van der Waals surface area contributed by atoms with Gasteiger partial charge in [0.05, 0.1) is 0 Å². The molecule has 0 amide bonds. The zero-order chi connectivity index (χ0) is 13.1. The van der Waals surface area contributed by atoms with Crippen LogP contribution >= 0.6 is 0 Å². The summed E-state index contributed by atoms with van der Waals surface area (Å²) in [6.45, 7) is 11.8. The Morgan fingerprint density at radius 1 is 1.18 bits per heavy atom. The molecule has 1 rings (SSSR count). The minimum Gasteiger partial charge on any atom is -0.385 e. The van der Waals surface area contributed by atoms with Crippen molar-refractivity contribution in [3.8, 4) is 0 Å². The van der Waals surface area contributed by atoms with Gasteiger partial charge in [-0.25, -0.2) is 0 Å². The number of aryl methyl sites for hydroxylation is 2. The number of hydrogen-bond acceptors (Lipinski definition) is 2. The molecule has 0 bridgehead atoms. The molecular weight excluding hydrogens is 210 g/mol. The number of hydrogen-bond donors (Lipinski definition) is 1. The molecule has 2 heteroatoms. The van der Waals surface area contributed by atoms with Crippen molar-refractivity contribution in [3.05, 3.63) is 28.8 Å². The van der Waals surface area contributed by atoms with E-state index in [1.807, 2.05) is 26.0 Å². The molecule has 0 saturated heterocycles. The standard InChI is InChI=1S/C15H23NO/c1-11-8-13(10-17)9-12(2)14(11)16-7-6-15(3,4)5/h8-10,16H,6-7H2,1-5H3. The Labute approximate surface area is 104 Å². The molecule has 1 aromatic carbocycles. The molecule has 17 heavy (non-hydrogen) atoms. The highest BCUT2D eigenvalue weighted by atomic mass is 16.1. The lowest BCUT2D eigenvalue weighted by molar-refractivity contribution is 0.112. The molecule has 0 atom stereocenters. The summed E-state index contributed by atoms with van der Waals surface area (Å²) in [6.07, 6.45) is 2.03. The summed E-state index contributed by atoms with van der Waals surface area (Å²) in [7, 11) is 0. The Kier molecular flexibility index (Phi) is 4.33. The van der Waals surface area contributed by atoms with Gasteiger partial charge in [-0.3, -0.25) is 4.79 Å². The normalized spacial score (nSPS) is 11.4. The predicted molar refractivity (Wildman–Crippen MR) is 73.9 cm³/mol. The van der Waals surface area contributed by atoms with Crippen molar-refractivity contribution in [3.63, 3.8) is 0 Å². The monoisotopic (exact) mass is 233 g/mol. The van der Waals surface area contributed by atoms with Crippen molar-refractivity contribution >= 4 is 12.0 Å². The number of carbonyl (C=O) groups excluding carboxylic acids is 1. The van der Waals surface area contributed by atoms with Gasteiger partial charge in [0, 0.05) is 17.8 Å². The van der Waals surface area contributed by atoms with Crippen molar-refractivity contribution in [2.75, 3.05) is 11.9 Å². The van der Waals surface area contributed by atoms with Crippen LogP contribution in [0, 0.1) is 19.3 Å². The number of anilines is 1. The van der Waals surface area contributed by atoms with Crippen LogP contribution in [0.3, 0.4) is 0 Å². The Bertz CT molecular complexity index is 379. The fourth-order valence-electron chi connectivity index (χ4n) is 1.91. The first-order chi connectivity index (χ1) is 7.83. The van der Waals surface area contributed by atoms with Crippen molar-refractivity contribution < 1.29 is 4.79 Å². The fraction of sp³-hybridized carbons (Fsp3) is 0.533. The molecule has 1 N–H and O–H groups in total. The van der Waals surface area contributed by atoms with Crippen LogP contribution in [0.1, 0.15) is 48.7 Å². The second kappa shape index (κ2) is 5.35. The van der Waals surface area contributed by atoms with Crippen LogP contribution < -0.4 is 5.32 Å². The zero-order valence-electron chi connectivity index (χ0n) is 11.6. The lowest BCUT2D eigenvalue weighted by atomic mass is 9.92. The van der Waals surface area contributed by atoms with Gasteiger partial charge in [0.15, 0.2) is 0 Å². The molecule has 0 aromatic heterocycles. The summed E-state index contributed by atoms with van der Waals surface area (Å²) in [5, 5.41) is 3.47. The van der Waals surface area contributed by atoms with Gasteiger partial charge in [-0.05, 0) is 48.9 Å². The zero-order valence-corrected chi connectivity index (χ0v) is 11.6. The van der Waals surface area contributed by atoms with E-state index in [0.717, 1.165) is 35.9 Å². The molecule has 0 aliphatic heterocycles. The molecule has 0 unspecified atom stereocenters. The molecule has 0 fully saturated rings. The minimum atomic E-state index is 0.345. The van der Waals surface area contributed by atoms with E-state index < -0.39 is 0 Å². The largest absolute Gasteiger partial charge is 0.385 e. The fourth-order valence-corrected chi connectivity index (χ4v) is 1.91. The number of rotatable bonds is 4. The first kappa shape index (κ1) is 13.8. The van der Waals surface area contributed by atoms with E-state index in [9.17, 15) is 4.79 Å². The second-order valence-electron chi connectivity index (χ2n) is 5.88. The third kappa shape index (κ3) is 4.22. The van der Waals surface area contributed by atoms with E-state index in [4.69, 9.17) is 0 Å². The van der Waals surface area contributed by atoms with Gasteiger partial charge in [0.1, 0.15) is 6.29 Å². The maximum Gasteiger partial charge on any atom is 0.150 e. The number of aldehydes is 1. The summed E-state index contributed by atoms with van der Waals surface area (Å²) >= 11 is 0. The van der Waals surface area contributed by atoms with Crippen LogP contribution in [0.4, 0.5) is 5.69 Å². The molecule has 2 nitrogen and oxygen atoms in total. The van der Waals surface area contributed by atoms with Crippen molar-refractivity contribution in [2.45, 2.75) is 41.0 Å². The quantitative estimate of drug-likeness (QED) is 0.797. The van der Waals surface area contributed by atoms with E-state index in [-0.39, 0.29) is 0 Å². The molecule has 1 aromatic rings. The summed E-state index contributed by atoms with van der Waals surface area (Å²) in [4.78, 5) is 10.7. The average molecular weight is 233 g/mol. The Morgan fingerprint density at radius 2 is 1.71 bits per heavy atom. The highest BCUT2D eigenvalue weighted by Gasteiger charge is 2.10. The number of nitrogens with one attached hydrogen (secondary N) is 1. The predicted octanol–water partition coefficient (Wildman–Crippen LogP) is 3.96. The maximum absolute atomic E-state index is 10.7. The van der Waals surface area contributed by atoms with E-state index in [1.54, 1.807) is 0 Å². The van der Waals surface area contributed by atoms with E-state index in [1.165, 1.54) is 5.69 Å². The summed E-state index contributed by atoms with van der Waals surface area (Å²) in [5.41, 5.74) is 4.54. The Balaban J connectivity index is 2.75. The van der Waals surface area contributed by atoms with Crippen molar-refractivity contribution in [1.82, 2.24) is 0 Å². The highest BCUT2D eigenvalue weighted by Crippen LogP contribution is 2.23. The SMILES string of the molecule is Cc1cc(C=O)cc(C)c1NCCC(C)(C)C. The smallest absolute Gasteiger partial charge is 0.150 e. The lowest BCUT2D eigenvalue weighted by Crippen LogP contribution is -2.14. The van der Waals surface area contributed by atoms with Gasteiger partial charge < -0.3 is 5.32 Å². The maximum atomic E-state index is 10.7. The Hall–Kier alpha value is -1.31. The third-order valence-electron chi connectivity index (χ3n) is 2.87. The summed E-state index contributed by atoms with van der Waals surface area (Å²) in [6, 6.07) is 3.86. The third-order valence-corrected chi connectivity index (χ3v) is 2.87. The van der Waals surface area contributed by atoms with E-state index in [0.29, 0.717) is 5.41 Å². The van der Waals surface area contributed by atoms with Gasteiger partial charge in [0.25, 0.3) is 0 Å². The Morgan fingerprint density at radius 3 is 2.12 bits per heavy atom. The molecule has 0 radical (unpaired) electrons. The summed E-state index contributed by atoms with van der Waals surface area (Å²) in [5.74, 6) is 0. The van der Waals surface area contributed by atoms with Crippen LogP contribution in [0.15, 0.2) is 12.1 Å².